The normalized spacial score (nSPS) is 11.7. The molecule has 0 unspecified atom stereocenters. The molecule has 0 fully saturated rings. The lowest BCUT2D eigenvalue weighted by Gasteiger charge is -2.23. The summed E-state index contributed by atoms with van der Waals surface area (Å²) >= 11 is 12.1. The van der Waals surface area contributed by atoms with Gasteiger partial charge in [0, 0.05) is 11.6 Å². The molecule has 0 spiro atoms. The first-order valence-corrected chi connectivity index (χ1v) is 13.3. The van der Waals surface area contributed by atoms with Crippen molar-refractivity contribution >= 4 is 45.0 Å². The van der Waals surface area contributed by atoms with Gasteiger partial charge in [0.25, 0.3) is 0 Å². The van der Waals surface area contributed by atoms with Crippen molar-refractivity contribution < 1.29 is 35.0 Å². The van der Waals surface area contributed by atoms with Gasteiger partial charge in [-0.05, 0) is 66.2 Å². The van der Waals surface area contributed by atoms with Gasteiger partial charge in [-0.15, -0.1) is 0 Å². The number of nitrogens with one attached hydrogen (secondary N) is 1. The van der Waals surface area contributed by atoms with Crippen LogP contribution in [0.15, 0.2) is 94.4 Å². The number of benzene rings is 3. The molecule has 7 nitrogen and oxygen atoms in total. The zero-order chi connectivity index (χ0) is 28.2. The third-order valence-corrected chi connectivity index (χ3v) is 7.11. The molecule has 0 aliphatic rings. The van der Waals surface area contributed by atoms with Crippen LogP contribution < -0.4 is 9.50 Å². The molecule has 13 heteroatoms. The Morgan fingerprint density at radius 1 is 0.949 bits per heavy atom. The van der Waals surface area contributed by atoms with E-state index in [0.29, 0.717) is 28.1 Å². The third-order valence-electron chi connectivity index (χ3n) is 5.31. The Morgan fingerprint density at radius 3 is 2.41 bits per heavy atom. The quantitative estimate of drug-likeness (QED) is 0.211. The predicted octanol–water partition coefficient (Wildman–Crippen LogP) is 7.61. The Hall–Kier alpha value is -3.67. The van der Waals surface area contributed by atoms with Crippen molar-refractivity contribution in [3.8, 4) is 5.75 Å². The molecule has 0 atom stereocenters. The zero-order valence-electron chi connectivity index (χ0n) is 19.8. The van der Waals surface area contributed by atoms with Gasteiger partial charge in [-0.2, -0.15) is 21.6 Å². The maximum absolute atomic E-state index is 13.2. The van der Waals surface area contributed by atoms with E-state index in [1.54, 1.807) is 30.3 Å². The molecule has 0 saturated heterocycles. The van der Waals surface area contributed by atoms with Crippen molar-refractivity contribution in [3.63, 3.8) is 0 Å². The molecule has 1 heterocycles. The molecule has 0 radical (unpaired) electrons. The van der Waals surface area contributed by atoms with E-state index in [2.05, 4.69) is 5.32 Å². The van der Waals surface area contributed by atoms with Crippen LogP contribution in [0.2, 0.25) is 10.0 Å². The van der Waals surface area contributed by atoms with E-state index in [4.69, 9.17) is 31.8 Å². The summed E-state index contributed by atoms with van der Waals surface area (Å²) in [5.41, 5.74) is -0.336. The van der Waals surface area contributed by atoms with E-state index < -0.39 is 32.8 Å². The molecule has 0 saturated carbocycles. The van der Waals surface area contributed by atoms with Crippen LogP contribution in [0.5, 0.6) is 5.75 Å². The van der Waals surface area contributed by atoms with Gasteiger partial charge in [0.15, 0.2) is 0 Å². The molecule has 39 heavy (non-hydrogen) atoms. The number of nitrogens with zero attached hydrogens (tertiary/aromatic N) is 1. The maximum atomic E-state index is 13.2. The average Bonchev–Trinajstić information content (AvgIpc) is 3.38. The van der Waals surface area contributed by atoms with Crippen LogP contribution in [0, 0.1) is 0 Å². The highest BCUT2D eigenvalue weighted by molar-refractivity contribution is 7.87. The first-order valence-electron chi connectivity index (χ1n) is 11.1. The van der Waals surface area contributed by atoms with Crippen molar-refractivity contribution in [1.29, 1.82) is 0 Å². The lowest BCUT2D eigenvalue weighted by atomic mass is 10.2. The van der Waals surface area contributed by atoms with Gasteiger partial charge in [-0.25, -0.2) is 4.79 Å². The number of hydrogen-bond donors (Lipinski definition) is 1. The fraction of sp³-hybridized carbons (Fsp3) is 0.115. The highest BCUT2D eigenvalue weighted by Crippen LogP contribution is 2.31. The van der Waals surface area contributed by atoms with Crippen molar-refractivity contribution in [3.05, 3.63) is 112 Å². The lowest BCUT2D eigenvalue weighted by Crippen LogP contribution is -2.34. The fourth-order valence-corrected chi connectivity index (χ4v) is 4.92. The third kappa shape index (κ3) is 7.47. The van der Waals surface area contributed by atoms with Crippen LogP contribution in [0.1, 0.15) is 16.9 Å². The Kier molecular flexibility index (Phi) is 8.43. The molecule has 0 aliphatic heterocycles. The Bertz CT molecular complexity index is 1580. The topological polar surface area (TPSA) is 88.9 Å². The standard InChI is InChI=1S/C26H19Cl2F3N2O5S/c27-19-9-10-24(23(28)14-19)32-25(34)33(16-21-7-3-11-37-21)15-17-4-1-6-20(12-17)38-39(35,36)22-8-2-5-18(13-22)26(29,30)31/h1-14H,15-16H2,(H,32,34). The zero-order valence-corrected chi connectivity index (χ0v) is 22.1. The Morgan fingerprint density at radius 2 is 1.72 bits per heavy atom. The number of urea groups is 1. The van der Waals surface area contributed by atoms with E-state index in [-0.39, 0.29) is 23.9 Å². The largest absolute Gasteiger partial charge is 0.467 e. The van der Waals surface area contributed by atoms with E-state index in [9.17, 15) is 26.4 Å². The smallest absolute Gasteiger partial charge is 0.416 e. The summed E-state index contributed by atoms with van der Waals surface area (Å²) in [6.07, 6.45) is -3.27. The van der Waals surface area contributed by atoms with Crippen LogP contribution in [0.25, 0.3) is 0 Å². The summed E-state index contributed by atoms with van der Waals surface area (Å²) in [4.78, 5) is 13.9. The number of carbonyl (C=O) groups excluding carboxylic acids is 1. The summed E-state index contributed by atoms with van der Waals surface area (Å²) in [7, 11) is -4.58. The first-order chi connectivity index (χ1) is 18.4. The molecular formula is C26H19Cl2F3N2O5S. The number of carbonyl (C=O) groups is 1. The Labute approximate surface area is 231 Å². The molecular weight excluding hydrogens is 580 g/mol. The molecule has 4 rings (SSSR count). The predicted molar refractivity (Wildman–Crippen MR) is 139 cm³/mol. The van der Waals surface area contributed by atoms with Gasteiger partial charge in [0.05, 0.1) is 29.1 Å². The minimum atomic E-state index is -4.72. The maximum Gasteiger partial charge on any atom is 0.416 e. The molecule has 3 aromatic carbocycles. The number of halogens is 5. The minimum Gasteiger partial charge on any atom is -0.467 e. The van der Waals surface area contributed by atoms with E-state index in [0.717, 1.165) is 18.2 Å². The second kappa shape index (κ2) is 11.6. The summed E-state index contributed by atoms with van der Waals surface area (Å²) < 4.78 is 75.0. The monoisotopic (exact) mass is 598 g/mol. The second-order valence-corrected chi connectivity index (χ2v) is 10.6. The highest BCUT2D eigenvalue weighted by Gasteiger charge is 2.32. The number of anilines is 1. The van der Waals surface area contributed by atoms with E-state index in [1.807, 2.05) is 0 Å². The molecule has 0 bridgehead atoms. The van der Waals surface area contributed by atoms with Crippen LogP contribution in [-0.2, 0) is 29.4 Å². The SMILES string of the molecule is O=C(Nc1ccc(Cl)cc1Cl)N(Cc1cccc(OS(=O)(=O)c2cccc(C(F)(F)F)c2)c1)Cc1ccco1. The van der Waals surface area contributed by atoms with Crippen LogP contribution in [0.4, 0.5) is 23.7 Å². The summed E-state index contributed by atoms with van der Waals surface area (Å²) in [6.45, 7) is 0.0379. The van der Waals surface area contributed by atoms with Crippen molar-refractivity contribution in [1.82, 2.24) is 4.90 Å². The fourth-order valence-electron chi connectivity index (χ4n) is 3.49. The van der Waals surface area contributed by atoms with E-state index >= 15 is 0 Å². The van der Waals surface area contributed by atoms with Crippen molar-refractivity contribution in [2.75, 3.05) is 5.32 Å². The number of furan rings is 1. The lowest BCUT2D eigenvalue weighted by molar-refractivity contribution is -0.137. The molecule has 1 aromatic heterocycles. The first kappa shape index (κ1) is 28.3. The van der Waals surface area contributed by atoms with Crippen molar-refractivity contribution in [2.45, 2.75) is 24.2 Å². The highest BCUT2D eigenvalue weighted by atomic mass is 35.5. The summed E-state index contributed by atoms with van der Waals surface area (Å²) in [5.74, 6) is 0.330. The Balaban J connectivity index is 1.55. The molecule has 4 aromatic rings. The number of rotatable bonds is 8. The van der Waals surface area contributed by atoms with Crippen LogP contribution >= 0.6 is 23.2 Å². The van der Waals surface area contributed by atoms with Gasteiger partial charge < -0.3 is 18.8 Å². The van der Waals surface area contributed by atoms with Gasteiger partial charge in [0.2, 0.25) is 0 Å². The summed E-state index contributed by atoms with van der Waals surface area (Å²) in [5, 5.41) is 3.31. The van der Waals surface area contributed by atoms with Gasteiger partial charge in [-0.3, -0.25) is 0 Å². The molecule has 0 aliphatic carbocycles. The van der Waals surface area contributed by atoms with Crippen LogP contribution in [-0.4, -0.2) is 19.3 Å². The summed E-state index contributed by atoms with van der Waals surface area (Å²) in [6, 6.07) is 16.4. The van der Waals surface area contributed by atoms with Gasteiger partial charge in [0.1, 0.15) is 16.4 Å². The van der Waals surface area contributed by atoms with Gasteiger partial charge in [-0.1, -0.05) is 41.4 Å². The molecule has 204 valence electrons. The molecule has 1 N–H and O–H groups in total. The molecule has 2 amide bonds. The van der Waals surface area contributed by atoms with Crippen LogP contribution in [0.3, 0.4) is 0 Å². The number of amides is 2. The number of hydrogen-bond acceptors (Lipinski definition) is 5. The van der Waals surface area contributed by atoms with Crippen molar-refractivity contribution in [2.24, 2.45) is 0 Å². The average molecular weight is 599 g/mol. The van der Waals surface area contributed by atoms with E-state index in [1.165, 1.54) is 35.4 Å². The minimum absolute atomic E-state index is 0.0153. The number of alkyl halides is 3. The second-order valence-electron chi connectivity index (χ2n) is 8.20. The van der Waals surface area contributed by atoms with Gasteiger partial charge >= 0.3 is 22.3 Å².